The van der Waals surface area contributed by atoms with Gasteiger partial charge in [-0.25, -0.2) is 8.42 Å². The molecule has 1 fully saturated rings. The number of benzene rings is 1. The van der Waals surface area contributed by atoms with E-state index in [1.165, 1.54) is 4.31 Å². The predicted octanol–water partition coefficient (Wildman–Crippen LogP) is 1.93. The quantitative estimate of drug-likeness (QED) is 0.747. The van der Waals surface area contributed by atoms with Crippen molar-refractivity contribution in [3.8, 4) is 0 Å². The van der Waals surface area contributed by atoms with E-state index in [0.29, 0.717) is 43.5 Å². The lowest BCUT2D eigenvalue weighted by Gasteiger charge is -2.33. The number of nitrogens with one attached hydrogen (secondary N) is 1. The highest BCUT2D eigenvalue weighted by molar-refractivity contribution is 7.89. The maximum absolute atomic E-state index is 12.6. The number of amides is 1. The summed E-state index contributed by atoms with van der Waals surface area (Å²) in [6.07, 6.45) is 2.07. The van der Waals surface area contributed by atoms with Crippen LogP contribution in [0.2, 0.25) is 0 Å². The number of hydrogen-bond donors (Lipinski definition) is 1. The molecule has 1 aromatic carbocycles. The lowest BCUT2D eigenvalue weighted by Crippen LogP contribution is -2.51. The molecule has 0 bridgehead atoms. The molecule has 0 aliphatic carbocycles. The third-order valence-corrected chi connectivity index (χ3v) is 6.58. The smallest absolute Gasteiger partial charge is 0.243 e. The fourth-order valence-corrected chi connectivity index (χ4v) is 4.49. The number of carbonyl (C=O) groups is 1. The van der Waals surface area contributed by atoms with Gasteiger partial charge in [0.05, 0.1) is 11.4 Å². The van der Waals surface area contributed by atoms with E-state index in [4.69, 9.17) is 0 Å². The fourth-order valence-electron chi connectivity index (χ4n) is 3.05. The summed E-state index contributed by atoms with van der Waals surface area (Å²) in [6.45, 7) is 8.67. The van der Waals surface area contributed by atoms with Gasteiger partial charge in [0.2, 0.25) is 15.9 Å². The van der Waals surface area contributed by atoms with Gasteiger partial charge in [0.15, 0.2) is 0 Å². The second kappa shape index (κ2) is 9.48. The van der Waals surface area contributed by atoms with E-state index in [1.807, 2.05) is 11.8 Å². The number of rotatable bonds is 8. The highest BCUT2D eigenvalue weighted by atomic mass is 32.2. The predicted molar refractivity (Wildman–Crippen MR) is 103 cm³/mol. The summed E-state index contributed by atoms with van der Waals surface area (Å²) in [6, 6.07) is 8.67. The minimum atomic E-state index is -3.44. The van der Waals surface area contributed by atoms with E-state index < -0.39 is 10.0 Å². The zero-order chi connectivity index (χ0) is 19.2. The van der Waals surface area contributed by atoms with Gasteiger partial charge in [-0.3, -0.25) is 9.69 Å². The molecule has 0 aromatic heterocycles. The van der Waals surface area contributed by atoms with Crippen LogP contribution in [0.1, 0.15) is 33.6 Å². The summed E-state index contributed by atoms with van der Waals surface area (Å²) in [5.74, 6) is 0.648. The Labute approximate surface area is 157 Å². The summed E-state index contributed by atoms with van der Waals surface area (Å²) >= 11 is 0. The van der Waals surface area contributed by atoms with Gasteiger partial charge in [-0.1, -0.05) is 32.0 Å². The van der Waals surface area contributed by atoms with Gasteiger partial charge in [-0.2, -0.15) is 4.31 Å². The fraction of sp³-hybridized carbons (Fsp3) is 0.632. The Bertz CT molecular complexity index is 669. The Hall–Kier alpha value is -1.44. The molecule has 1 heterocycles. The van der Waals surface area contributed by atoms with Crippen LogP contribution in [-0.2, 0) is 14.8 Å². The second-order valence-electron chi connectivity index (χ2n) is 7.43. The van der Waals surface area contributed by atoms with Crippen LogP contribution in [0.15, 0.2) is 35.2 Å². The van der Waals surface area contributed by atoms with Crippen molar-refractivity contribution < 1.29 is 13.2 Å². The number of sulfonamides is 1. The number of hydrogen-bond acceptors (Lipinski definition) is 4. The maximum atomic E-state index is 12.6. The average Bonchev–Trinajstić information content (AvgIpc) is 2.61. The summed E-state index contributed by atoms with van der Waals surface area (Å²) in [5.41, 5.74) is 0. The Kier molecular flexibility index (Phi) is 7.61. The van der Waals surface area contributed by atoms with E-state index in [1.54, 1.807) is 30.3 Å². The summed E-state index contributed by atoms with van der Waals surface area (Å²) in [4.78, 5) is 14.5. The minimum absolute atomic E-state index is 0.0145. The SMILES string of the molecule is CC(C)CC[C@@H](C)NC(=O)CN1CCN(S(=O)(=O)c2ccccc2)CC1. The molecule has 1 atom stereocenters. The monoisotopic (exact) mass is 381 g/mol. The second-order valence-corrected chi connectivity index (χ2v) is 9.37. The molecule has 1 saturated heterocycles. The Morgan fingerprint density at radius 2 is 1.65 bits per heavy atom. The van der Waals surface area contributed by atoms with Crippen LogP contribution >= 0.6 is 0 Å². The lowest BCUT2D eigenvalue weighted by molar-refractivity contribution is -0.123. The van der Waals surface area contributed by atoms with Gasteiger partial charge < -0.3 is 5.32 Å². The Morgan fingerprint density at radius 3 is 2.23 bits per heavy atom. The zero-order valence-corrected chi connectivity index (χ0v) is 16.8. The molecule has 26 heavy (non-hydrogen) atoms. The first-order valence-electron chi connectivity index (χ1n) is 9.36. The van der Waals surface area contributed by atoms with Crippen LogP contribution in [0.4, 0.5) is 0 Å². The number of piperazine rings is 1. The summed E-state index contributed by atoms with van der Waals surface area (Å²) in [5, 5.41) is 3.04. The van der Waals surface area contributed by atoms with Crippen molar-refractivity contribution in [3.63, 3.8) is 0 Å². The highest BCUT2D eigenvalue weighted by Gasteiger charge is 2.28. The Morgan fingerprint density at radius 1 is 1.04 bits per heavy atom. The van der Waals surface area contributed by atoms with E-state index in [0.717, 1.165) is 12.8 Å². The van der Waals surface area contributed by atoms with Crippen molar-refractivity contribution in [1.29, 1.82) is 0 Å². The number of nitrogens with zero attached hydrogens (tertiary/aromatic N) is 2. The van der Waals surface area contributed by atoms with Crippen LogP contribution < -0.4 is 5.32 Å². The van der Waals surface area contributed by atoms with Gasteiger partial charge in [0, 0.05) is 32.2 Å². The van der Waals surface area contributed by atoms with Crippen molar-refractivity contribution >= 4 is 15.9 Å². The molecule has 2 rings (SSSR count). The Balaban J connectivity index is 1.79. The van der Waals surface area contributed by atoms with E-state index >= 15 is 0 Å². The normalized spacial score (nSPS) is 18.0. The minimum Gasteiger partial charge on any atom is -0.353 e. The molecule has 0 radical (unpaired) electrons. The van der Waals surface area contributed by atoms with Gasteiger partial charge in [0.25, 0.3) is 0 Å². The van der Waals surface area contributed by atoms with Crippen LogP contribution in [0.5, 0.6) is 0 Å². The standard InChI is InChI=1S/C19H31N3O3S/c1-16(2)9-10-17(3)20-19(23)15-21-11-13-22(14-12-21)26(24,25)18-7-5-4-6-8-18/h4-8,16-17H,9-15H2,1-3H3,(H,20,23)/t17-/m1/s1. The number of carbonyl (C=O) groups excluding carboxylic acids is 1. The molecule has 6 nitrogen and oxygen atoms in total. The van der Waals surface area contributed by atoms with Gasteiger partial charge in [0.1, 0.15) is 0 Å². The zero-order valence-electron chi connectivity index (χ0n) is 16.0. The molecule has 1 N–H and O–H groups in total. The van der Waals surface area contributed by atoms with Crippen molar-refractivity contribution in [2.75, 3.05) is 32.7 Å². The molecule has 0 saturated carbocycles. The molecule has 1 aliphatic rings. The van der Waals surface area contributed by atoms with Crippen LogP contribution in [-0.4, -0.2) is 62.3 Å². The van der Waals surface area contributed by atoms with Crippen molar-refractivity contribution in [3.05, 3.63) is 30.3 Å². The topological polar surface area (TPSA) is 69.7 Å². The van der Waals surface area contributed by atoms with Crippen LogP contribution in [0.25, 0.3) is 0 Å². The van der Waals surface area contributed by atoms with Gasteiger partial charge in [-0.15, -0.1) is 0 Å². The van der Waals surface area contributed by atoms with E-state index in [2.05, 4.69) is 19.2 Å². The van der Waals surface area contributed by atoms with Crippen LogP contribution in [0.3, 0.4) is 0 Å². The van der Waals surface area contributed by atoms with E-state index in [9.17, 15) is 13.2 Å². The molecule has 0 unspecified atom stereocenters. The van der Waals surface area contributed by atoms with Crippen molar-refractivity contribution in [2.24, 2.45) is 5.92 Å². The van der Waals surface area contributed by atoms with Gasteiger partial charge in [-0.05, 0) is 37.8 Å². The summed E-state index contributed by atoms with van der Waals surface area (Å²) in [7, 11) is -3.44. The maximum Gasteiger partial charge on any atom is 0.243 e. The van der Waals surface area contributed by atoms with Crippen LogP contribution in [0, 0.1) is 5.92 Å². The molecule has 1 aromatic rings. The molecule has 146 valence electrons. The van der Waals surface area contributed by atoms with Crippen molar-refractivity contribution in [1.82, 2.24) is 14.5 Å². The summed E-state index contributed by atoms with van der Waals surface area (Å²) < 4.78 is 26.7. The third kappa shape index (κ3) is 6.07. The van der Waals surface area contributed by atoms with Gasteiger partial charge >= 0.3 is 0 Å². The largest absolute Gasteiger partial charge is 0.353 e. The lowest BCUT2D eigenvalue weighted by atomic mass is 10.0. The highest BCUT2D eigenvalue weighted by Crippen LogP contribution is 2.17. The molecule has 7 heteroatoms. The molecule has 1 amide bonds. The molecular formula is C19H31N3O3S. The molecule has 1 aliphatic heterocycles. The molecular weight excluding hydrogens is 350 g/mol. The molecule has 0 spiro atoms. The third-order valence-electron chi connectivity index (χ3n) is 4.66. The van der Waals surface area contributed by atoms with Crippen molar-refractivity contribution in [2.45, 2.75) is 44.6 Å². The first-order chi connectivity index (χ1) is 12.3. The van der Waals surface area contributed by atoms with E-state index in [-0.39, 0.29) is 11.9 Å². The first-order valence-corrected chi connectivity index (χ1v) is 10.8. The average molecular weight is 382 g/mol. The first kappa shape index (κ1) is 20.9.